The maximum Gasteiger partial charge on any atom is 0.324 e. The van der Waals surface area contributed by atoms with E-state index >= 15 is 0 Å². The average Bonchev–Trinajstić information content (AvgIpc) is 2.75. The van der Waals surface area contributed by atoms with Crippen LogP contribution in [0, 0.1) is 5.82 Å². The van der Waals surface area contributed by atoms with Crippen molar-refractivity contribution in [3.63, 3.8) is 0 Å². The molecule has 1 aliphatic rings. The summed E-state index contributed by atoms with van der Waals surface area (Å²) >= 11 is 0. The van der Waals surface area contributed by atoms with Gasteiger partial charge in [-0.3, -0.25) is 5.32 Å². The van der Waals surface area contributed by atoms with Crippen molar-refractivity contribution in [3.05, 3.63) is 35.9 Å². The van der Waals surface area contributed by atoms with Gasteiger partial charge < -0.3 is 9.64 Å². The van der Waals surface area contributed by atoms with E-state index in [2.05, 4.69) is 15.4 Å². The molecule has 0 saturated carbocycles. The second-order valence-corrected chi connectivity index (χ2v) is 4.62. The predicted molar refractivity (Wildman–Crippen MR) is 72.3 cm³/mol. The van der Waals surface area contributed by atoms with Crippen molar-refractivity contribution in [3.8, 4) is 5.75 Å². The Morgan fingerprint density at radius 3 is 3.10 bits per heavy atom. The first kappa shape index (κ1) is 13.3. The summed E-state index contributed by atoms with van der Waals surface area (Å²) < 4.78 is 20.8. The van der Waals surface area contributed by atoms with E-state index in [0.29, 0.717) is 30.4 Å². The van der Waals surface area contributed by atoms with E-state index in [-0.39, 0.29) is 18.4 Å². The Hall–Kier alpha value is -2.64. The summed E-state index contributed by atoms with van der Waals surface area (Å²) in [5.41, 5.74) is 0.378. The van der Waals surface area contributed by atoms with Gasteiger partial charge >= 0.3 is 6.03 Å². The molecule has 2 aromatic rings. The zero-order valence-electron chi connectivity index (χ0n) is 11.4. The Kier molecular flexibility index (Phi) is 3.43. The van der Waals surface area contributed by atoms with Crippen LogP contribution >= 0.6 is 0 Å². The summed E-state index contributed by atoms with van der Waals surface area (Å²) in [6, 6.07) is 4.27. The molecule has 1 N–H and O–H groups in total. The number of ether oxygens (including phenoxy) is 1. The zero-order valence-corrected chi connectivity index (χ0v) is 11.4. The van der Waals surface area contributed by atoms with Crippen LogP contribution in [-0.4, -0.2) is 38.8 Å². The van der Waals surface area contributed by atoms with Crippen molar-refractivity contribution in [2.24, 2.45) is 7.05 Å². The number of benzene rings is 1. The van der Waals surface area contributed by atoms with Gasteiger partial charge in [-0.25, -0.2) is 13.9 Å². The molecule has 2 amide bonds. The number of anilines is 1. The summed E-state index contributed by atoms with van der Waals surface area (Å²) in [6.45, 7) is 0.812. The highest BCUT2D eigenvalue weighted by Gasteiger charge is 2.23. The van der Waals surface area contributed by atoms with Crippen molar-refractivity contribution in [1.29, 1.82) is 0 Å². The molecular weight excluding hydrogens is 277 g/mol. The molecule has 7 nitrogen and oxygen atoms in total. The van der Waals surface area contributed by atoms with Gasteiger partial charge in [0.05, 0.1) is 13.1 Å². The molecule has 0 saturated heterocycles. The van der Waals surface area contributed by atoms with Gasteiger partial charge in [-0.15, -0.1) is 0 Å². The standard InChI is InChI=1S/C13H14FN5O2/c1-18-12(15-8-16-18)17-13(20)19-5-6-21-11-4-2-3-10(14)9(11)7-19/h2-4,8H,5-7H2,1H3,(H,15,16,17,20). The highest BCUT2D eigenvalue weighted by molar-refractivity contribution is 5.87. The van der Waals surface area contributed by atoms with E-state index in [4.69, 9.17) is 4.74 Å². The fraction of sp³-hybridized carbons (Fsp3) is 0.308. The Bertz CT molecular complexity index is 672. The Morgan fingerprint density at radius 2 is 2.33 bits per heavy atom. The third-order valence-corrected chi connectivity index (χ3v) is 3.26. The number of hydrogen-bond acceptors (Lipinski definition) is 4. The number of aromatic nitrogens is 3. The monoisotopic (exact) mass is 291 g/mol. The van der Waals surface area contributed by atoms with Crippen molar-refractivity contribution < 1.29 is 13.9 Å². The Morgan fingerprint density at radius 1 is 1.48 bits per heavy atom. The minimum Gasteiger partial charge on any atom is -0.491 e. The number of amides is 2. The number of nitrogens with zero attached hydrogens (tertiary/aromatic N) is 4. The fourth-order valence-corrected chi connectivity index (χ4v) is 2.12. The number of carbonyl (C=O) groups excluding carboxylic acids is 1. The van der Waals surface area contributed by atoms with Crippen molar-refractivity contribution in [1.82, 2.24) is 19.7 Å². The second kappa shape index (κ2) is 5.39. The smallest absolute Gasteiger partial charge is 0.324 e. The van der Waals surface area contributed by atoms with Crippen LogP contribution in [0.3, 0.4) is 0 Å². The fourth-order valence-electron chi connectivity index (χ4n) is 2.12. The van der Waals surface area contributed by atoms with Crippen LogP contribution in [0.1, 0.15) is 5.56 Å². The van der Waals surface area contributed by atoms with Gasteiger partial charge in [-0.05, 0) is 12.1 Å². The highest BCUT2D eigenvalue weighted by Crippen LogP contribution is 2.25. The molecule has 0 fully saturated rings. The third kappa shape index (κ3) is 2.64. The Balaban J connectivity index is 1.79. The molecule has 0 atom stereocenters. The molecule has 3 rings (SSSR count). The van der Waals surface area contributed by atoms with Crippen LogP contribution in [0.2, 0.25) is 0 Å². The van der Waals surface area contributed by atoms with Crippen LogP contribution in [0.15, 0.2) is 24.5 Å². The van der Waals surface area contributed by atoms with E-state index < -0.39 is 0 Å². The Labute approximate surface area is 120 Å². The van der Waals surface area contributed by atoms with Crippen LogP contribution < -0.4 is 10.1 Å². The van der Waals surface area contributed by atoms with Gasteiger partial charge in [0.2, 0.25) is 5.95 Å². The normalized spacial score (nSPS) is 14.1. The molecule has 2 heterocycles. The molecule has 1 aromatic heterocycles. The molecule has 1 aromatic carbocycles. The van der Waals surface area contributed by atoms with Gasteiger partial charge in [0, 0.05) is 12.6 Å². The molecule has 0 aliphatic carbocycles. The lowest BCUT2D eigenvalue weighted by Gasteiger charge is -2.20. The lowest BCUT2D eigenvalue weighted by atomic mass is 10.2. The number of rotatable bonds is 1. The number of aryl methyl sites for hydroxylation is 1. The first-order chi connectivity index (χ1) is 10.1. The van der Waals surface area contributed by atoms with E-state index in [1.165, 1.54) is 22.0 Å². The van der Waals surface area contributed by atoms with Gasteiger partial charge in [0.25, 0.3) is 0 Å². The largest absolute Gasteiger partial charge is 0.491 e. The maximum atomic E-state index is 13.9. The van der Waals surface area contributed by atoms with E-state index in [1.807, 2.05) is 0 Å². The molecule has 8 heteroatoms. The van der Waals surface area contributed by atoms with Crippen LogP contribution in [0.5, 0.6) is 5.75 Å². The molecule has 0 radical (unpaired) electrons. The number of carbonyl (C=O) groups is 1. The first-order valence-electron chi connectivity index (χ1n) is 6.45. The van der Waals surface area contributed by atoms with Crippen LogP contribution in [0.4, 0.5) is 15.1 Å². The minimum atomic E-state index is -0.383. The van der Waals surface area contributed by atoms with Crippen molar-refractivity contribution in [2.45, 2.75) is 6.54 Å². The first-order valence-corrected chi connectivity index (χ1v) is 6.45. The highest BCUT2D eigenvalue weighted by atomic mass is 19.1. The van der Waals surface area contributed by atoms with Gasteiger partial charge in [-0.1, -0.05) is 6.07 Å². The molecule has 1 aliphatic heterocycles. The van der Waals surface area contributed by atoms with E-state index in [9.17, 15) is 9.18 Å². The van der Waals surface area contributed by atoms with Gasteiger partial charge in [0.15, 0.2) is 0 Å². The van der Waals surface area contributed by atoms with E-state index in [1.54, 1.807) is 19.2 Å². The number of fused-ring (bicyclic) bond motifs is 1. The number of hydrogen-bond donors (Lipinski definition) is 1. The lowest BCUT2D eigenvalue weighted by molar-refractivity contribution is 0.200. The average molecular weight is 291 g/mol. The third-order valence-electron chi connectivity index (χ3n) is 3.26. The summed E-state index contributed by atoms with van der Waals surface area (Å²) in [7, 11) is 1.67. The molecular formula is C13H14FN5O2. The molecule has 0 bridgehead atoms. The van der Waals surface area contributed by atoms with Crippen molar-refractivity contribution in [2.75, 3.05) is 18.5 Å². The molecule has 110 valence electrons. The van der Waals surface area contributed by atoms with Gasteiger partial charge in [0.1, 0.15) is 24.5 Å². The second-order valence-electron chi connectivity index (χ2n) is 4.62. The molecule has 0 unspecified atom stereocenters. The predicted octanol–water partition coefficient (Wildman–Crippen LogP) is 1.38. The molecule has 0 spiro atoms. The van der Waals surface area contributed by atoms with Gasteiger partial charge in [-0.2, -0.15) is 10.1 Å². The summed E-state index contributed by atoms with van der Waals surface area (Å²) in [4.78, 5) is 17.6. The van der Waals surface area contributed by atoms with E-state index in [0.717, 1.165) is 0 Å². The topological polar surface area (TPSA) is 72.3 Å². The molecule has 21 heavy (non-hydrogen) atoms. The lowest BCUT2D eigenvalue weighted by Crippen LogP contribution is -2.36. The van der Waals surface area contributed by atoms with Crippen molar-refractivity contribution >= 4 is 12.0 Å². The number of halogens is 1. The number of nitrogens with one attached hydrogen (secondary N) is 1. The minimum absolute atomic E-state index is 0.145. The summed E-state index contributed by atoms with van der Waals surface area (Å²) in [5, 5.41) is 6.51. The maximum absolute atomic E-state index is 13.9. The number of urea groups is 1. The SMILES string of the molecule is Cn1ncnc1NC(=O)N1CCOc2cccc(F)c2C1. The summed E-state index contributed by atoms with van der Waals surface area (Å²) in [5.74, 6) is 0.425. The van der Waals surface area contributed by atoms with Crippen LogP contribution in [0.25, 0.3) is 0 Å². The quantitative estimate of drug-likeness (QED) is 0.861. The zero-order chi connectivity index (χ0) is 14.8. The van der Waals surface area contributed by atoms with Crippen LogP contribution in [-0.2, 0) is 13.6 Å². The summed E-state index contributed by atoms with van der Waals surface area (Å²) in [6.07, 6.45) is 1.34.